The Bertz CT molecular complexity index is 1840. The highest BCUT2D eigenvalue weighted by molar-refractivity contribution is 6.30. The Hall–Kier alpha value is -4.23. The van der Waals surface area contributed by atoms with E-state index in [4.69, 9.17) is 31.3 Å². The summed E-state index contributed by atoms with van der Waals surface area (Å²) >= 11 is 6.08. The lowest BCUT2D eigenvalue weighted by Gasteiger charge is -2.13. The molecule has 3 aromatic carbocycles. The van der Waals surface area contributed by atoms with E-state index in [1.807, 2.05) is 84.3 Å². The number of fused-ring (bicyclic) bond motifs is 4. The third-order valence-corrected chi connectivity index (χ3v) is 6.87. The molecule has 0 spiro atoms. The van der Waals surface area contributed by atoms with Crippen LogP contribution in [0.5, 0.6) is 5.75 Å². The molecule has 0 fully saturated rings. The van der Waals surface area contributed by atoms with E-state index in [-0.39, 0.29) is 5.56 Å². The molecule has 0 saturated heterocycles. The second-order valence-electron chi connectivity index (χ2n) is 8.88. The normalized spacial score (nSPS) is 11.5. The van der Waals surface area contributed by atoms with Crippen LogP contribution in [0, 0.1) is 0 Å². The standard InChI is InChI=1S/C29H24ClN5O2/c1-3-24-33-27-25(29(36)34(24)16-18-12-14-20(30)15-13-18)26-28(32-22-10-6-5-9-21(22)31-26)35(27)17-19-8-4-7-11-23(19)37-2/h4-15H,3,16-17H2,1-2H3. The van der Waals surface area contributed by atoms with E-state index >= 15 is 0 Å². The van der Waals surface area contributed by atoms with Gasteiger partial charge in [0.15, 0.2) is 11.3 Å². The third-order valence-electron chi connectivity index (χ3n) is 6.62. The maximum atomic E-state index is 14.1. The topological polar surface area (TPSA) is 74.8 Å². The summed E-state index contributed by atoms with van der Waals surface area (Å²) in [5.41, 5.74) is 5.03. The number of ether oxygens (including phenoxy) is 1. The van der Waals surface area contributed by atoms with Crippen molar-refractivity contribution in [3.8, 4) is 5.75 Å². The number of rotatable bonds is 6. The van der Waals surface area contributed by atoms with Gasteiger partial charge in [-0.1, -0.05) is 61.0 Å². The predicted molar refractivity (Wildman–Crippen MR) is 147 cm³/mol. The van der Waals surface area contributed by atoms with Crippen LogP contribution in [0.15, 0.2) is 77.6 Å². The number of aryl methyl sites for hydroxylation is 1. The maximum absolute atomic E-state index is 14.1. The van der Waals surface area contributed by atoms with Crippen molar-refractivity contribution in [2.75, 3.05) is 7.11 Å². The van der Waals surface area contributed by atoms with Crippen LogP contribution in [0.1, 0.15) is 23.9 Å². The maximum Gasteiger partial charge on any atom is 0.265 e. The van der Waals surface area contributed by atoms with Crippen molar-refractivity contribution in [3.63, 3.8) is 0 Å². The van der Waals surface area contributed by atoms with Gasteiger partial charge in [-0.05, 0) is 35.9 Å². The van der Waals surface area contributed by atoms with E-state index in [1.54, 1.807) is 11.7 Å². The zero-order valence-electron chi connectivity index (χ0n) is 20.5. The van der Waals surface area contributed by atoms with Crippen LogP contribution in [-0.2, 0) is 19.5 Å². The molecular weight excluding hydrogens is 486 g/mol. The first-order valence-corrected chi connectivity index (χ1v) is 12.5. The van der Waals surface area contributed by atoms with Crippen LogP contribution in [0.3, 0.4) is 0 Å². The van der Waals surface area contributed by atoms with Gasteiger partial charge >= 0.3 is 0 Å². The Kier molecular flexibility index (Phi) is 5.85. The Morgan fingerprint density at radius 3 is 2.24 bits per heavy atom. The van der Waals surface area contributed by atoms with Crippen LogP contribution in [0.25, 0.3) is 33.2 Å². The van der Waals surface area contributed by atoms with Gasteiger partial charge in [-0.25, -0.2) is 15.0 Å². The molecule has 3 aromatic heterocycles. The Balaban J connectivity index is 1.66. The van der Waals surface area contributed by atoms with Crippen LogP contribution < -0.4 is 10.3 Å². The molecule has 3 heterocycles. The smallest absolute Gasteiger partial charge is 0.265 e. The van der Waals surface area contributed by atoms with Crippen molar-refractivity contribution in [1.82, 2.24) is 24.1 Å². The number of benzene rings is 3. The lowest BCUT2D eigenvalue weighted by molar-refractivity contribution is 0.409. The molecule has 8 heteroatoms. The molecule has 0 amide bonds. The van der Waals surface area contributed by atoms with Gasteiger partial charge in [0.2, 0.25) is 0 Å². The molecule has 0 N–H and O–H groups in total. The van der Waals surface area contributed by atoms with E-state index in [2.05, 4.69) is 0 Å². The molecule has 0 unspecified atom stereocenters. The zero-order chi connectivity index (χ0) is 25.5. The van der Waals surface area contributed by atoms with Gasteiger partial charge in [-0.2, -0.15) is 0 Å². The summed E-state index contributed by atoms with van der Waals surface area (Å²) < 4.78 is 9.32. The Morgan fingerprint density at radius 2 is 1.51 bits per heavy atom. The highest BCUT2D eigenvalue weighted by Crippen LogP contribution is 2.28. The average molecular weight is 510 g/mol. The number of halogens is 1. The van der Waals surface area contributed by atoms with Gasteiger partial charge < -0.3 is 9.30 Å². The van der Waals surface area contributed by atoms with Crippen molar-refractivity contribution in [3.05, 3.63) is 105 Å². The summed E-state index contributed by atoms with van der Waals surface area (Å²) in [6.07, 6.45) is 0.595. The molecule has 0 aliphatic carbocycles. The van der Waals surface area contributed by atoms with Gasteiger partial charge in [-0.3, -0.25) is 9.36 Å². The highest BCUT2D eigenvalue weighted by atomic mass is 35.5. The van der Waals surface area contributed by atoms with E-state index in [1.165, 1.54) is 0 Å². The van der Waals surface area contributed by atoms with Gasteiger partial charge in [0.05, 0.1) is 31.2 Å². The summed E-state index contributed by atoms with van der Waals surface area (Å²) in [5, 5.41) is 1.12. The molecule has 0 aliphatic rings. The van der Waals surface area contributed by atoms with Crippen LogP contribution >= 0.6 is 11.6 Å². The molecule has 0 aliphatic heterocycles. The van der Waals surface area contributed by atoms with Crippen molar-refractivity contribution in [2.24, 2.45) is 0 Å². The first-order valence-electron chi connectivity index (χ1n) is 12.1. The summed E-state index contributed by atoms with van der Waals surface area (Å²) in [6, 6.07) is 23.0. The van der Waals surface area contributed by atoms with Gasteiger partial charge in [0, 0.05) is 17.0 Å². The molecular formula is C29H24ClN5O2. The molecule has 184 valence electrons. The monoisotopic (exact) mass is 509 g/mol. The number of methoxy groups -OCH3 is 1. The molecule has 0 saturated carbocycles. The number of aromatic nitrogens is 5. The van der Waals surface area contributed by atoms with Gasteiger partial charge in [0.25, 0.3) is 5.56 Å². The summed E-state index contributed by atoms with van der Waals surface area (Å²) in [5.74, 6) is 1.46. The fourth-order valence-corrected chi connectivity index (χ4v) is 4.92. The first kappa shape index (κ1) is 23.2. The minimum atomic E-state index is -0.134. The molecule has 0 radical (unpaired) electrons. The number of nitrogens with zero attached hydrogens (tertiary/aromatic N) is 5. The van der Waals surface area contributed by atoms with Gasteiger partial charge in [-0.15, -0.1) is 0 Å². The van der Waals surface area contributed by atoms with E-state index in [0.717, 1.165) is 27.9 Å². The third kappa shape index (κ3) is 4.01. The predicted octanol–water partition coefficient (Wildman–Crippen LogP) is 5.62. The SMILES string of the molecule is CCc1nc2c(c(=O)n1Cc1ccc(Cl)cc1)c1nc3ccccc3nc1n2Cc1ccccc1OC. The Labute approximate surface area is 218 Å². The van der Waals surface area contributed by atoms with E-state index in [0.29, 0.717) is 52.6 Å². The van der Waals surface area contributed by atoms with Crippen molar-refractivity contribution >= 4 is 44.8 Å². The van der Waals surface area contributed by atoms with Crippen molar-refractivity contribution in [1.29, 1.82) is 0 Å². The minimum absolute atomic E-state index is 0.134. The molecule has 6 rings (SSSR count). The Morgan fingerprint density at radius 1 is 0.811 bits per heavy atom. The summed E-state index contributed by atoms with van der Waals surface area (Å²) in [4.78, 5) is 29.0. The van der Waals surface area contributed by atoms with E-state index < -0.39 is 0 Å². The second-order valence-corrected chi connectivity index (χ2v) is 9.32. The van der Waals surface area contributed by atoms with Crippen molar-refractivity contribution in [2.45, 2.75) is 26.4 Å². The van der Waals surface area contributed by atoms with Crippen LogP contribution in [0.4, 0.5) is 0 Å². The van der Waals surface area contributed by atoms with Crippen molar-refractivity contribution < 1.29 is 4.74 Å². The molecule has 6 aromatic rings. The highest BCUT2D eigenvalue weighted by Gasteiger charge is 2.22. The number of hydrogen-bond acceptors (Lipinski definition) is 5. The molecule has 37 heavy (non-hydrogen) atoms. The number of hydrogen-bond donors (Lipinski definition) is 0. The lowest BCUT2D eigenvalue weighted by atomic mass is 10.2. The zero-order valence-corrected chi connectivity index (χ0v) is 21.2. The largest absolute Gasteiger partial charge is 0.496 e. The fraction of sp³-hybridized carbons (Fsp3) is 0.172. The van der Waals surface area contributed by atoms with Crippen LogP contribution in [0.2, 0.25) is 5.02 Å². The average Bonchev–Trinajstić information content (AvgIpc) is 3.22. The second kappa shape index (κ2) is 9.33. The lowest BCUT2D eigenvalue weighted by Crippen LogP contribution is -2.26. The van der Waals surface area contributed by atoms with E-state index in [9.17, 15) is 4.79 Å². The fourth-order valence-electron chi connectivity index (χ4n) is 4.79. The van der Waals surface area contributed by atoms with Gasteiger partial charge in [0.1, 0.15) is 22.5 Å². The summed E-state index contributed by atoms with van der Waals surface area (Å²) in [7, 11) is 1.65. The number of para-hydroxylation sites is 3. The quantitative estimate of drug-likeness (QED) is 0.291. The minimum Gasteiger partial charge on any atom is -0.496 e. The molecule has 0 bridgehead atoms. The summed E-state index contributed by atoms with van der Waals surface area (Å²) in [6.45, 7) is 2.83. The molecule has 0 atom stereocenters. The molecule has 7 nitrogen and oxygen atoms in total. The van der Waals surface area contributed by atoms with Crippen LogP contribution in [-0.4, -0.2) is 31.2 Å². The first-order chi connectivity index (χ1) is 18.1.